The maximum absolute atomic E-state index is 12.6. The zero-order valence-electron chi connectivity index (χ0n) is 12.5. The Morgan fingerprint density at radius 2 is 2.18 bits per heavy atom. The van der Waals surface area contributed by atoms with Gasteiger partial charge in [-0.2, -0.15) is 5.10 Å². The van der Waals surface area contributed by atoms with E-state index in [4.69, 9.17) is 0 Å². The van der Waals surface area contributed by atoms with E-state index in [0.29, 0.717) is 12.1 Å². The molecule has 0 radical (unpaired) electrons. The molecule has 0 aliphatic heterocycles. The molecular weight excluding hydrogens is 294 g/mol. The number of aromatic nitrogens is 2. The van der Waals surface area contributed by atoms with E-state index < -0.39 is 0 Å². The molecule has 0 unspecified atom stereocenters. The molecule has 0 saturated heterocycles. The molecule has 2 heterocycles. The van der Waals surface area contributed by atoms with E-state index in [2.05, 4.69) is 28.6 Å². The van der Waals surface area contributed by atoms with Gasteiger partial charge in [0.15, 0.2) is 0 Å². The minimum Gasteiger partial charge on any atom is -0.337 e. The molecule has 0 fully saturated rings. The van der Waals surface area contributed by atoms with Gasteiger partial charge in [-0.15, -0.1) is 11.3 Å². The average Bonchev–Trinajstić information content (AvgIpc) is 3.19. The van der Waals surface area contributed by atoms with Gasteiger partial charge in [0, 0.05) is 29.2 Å². The predicted octanol–water partition coefficient (Wildman–Crippen LogP) is 3.72. The second-order valence-electron chi connectivity index (χ2n) is 5.26. The van der Waals surface area contributed by atoms with Crippen molar-refractivity contribution < 1.29 is 4.79 Å². The highest BCUT2D eigenvalue weighted by molar-refractivity contribution is 7.10. The lowest BCUT2D eigenvalue weighted by Gasteiger charge is -2.17. The van der Waals surface area contributed by atoms with Gasteiger partial charge in [0.2, 0.25) is 0 Å². The molecule has 0 spiro atoms. The quantitative estimate of drug-likeness (QED) is 0.798. The van der Waals surface area contributed by atoms with E-state index in [1.54, 1.807) is 22.4 Å². The van der Waals surface area contributed by atoms with Crippen LogP contribution in [0.5, 0.6) is 0 Å². The smallest absolute Gasteiger partial charge is 0.253 e. The van der Waals surface area contributed by atoms with Crippen molar-refractivity contribution in [2.24, 2.45) is 0 Å². The van der Waals surface area contributed by atoms with Crippen LogP contribution >= 0.6 is 11.3 Å². The molecule has 1 aromatic carbocycles. The second kappa shape index (κ2) is 6.15. The Bertz CT molecular complexity index is 777. The minimum atomic E-state index is 0.0261. The zero-order valence-corrected chi connectivity index (χ0v) is 13.4. The van der Waals surface area contributed by atoms with Gasteiger partial charge >= 0.3 is 0 Å². The number of amides is 1. The molecule has 3 rings (SSSR count). The van der Waals surface area contributed by atoms with E-state index in [1.165, 1.54) is 10.4 Å². The molecule has 112 valence electrons. The SMILES string of the molecule is Cc1ccsc1CN(C)C(=O)c1cccc(-c2cn[nH]c2)c1. The van der Waals surface area contributed by atoms with Gasteiger partial charge in [-0.05, 0) is 41.6 Å². The summed E-state index contributed by atoms with van der Waals surface area (Å²) < 4.78 is 0. The summed E-state index contributed by atoms with van der Waals surface area (Å²) in [5.41, 5.74) is 3.89. The minimum absolute atomic E-state index is 0.0261. The normalized spacial score (nSPS) is 10.6. The number of aromatic amines is 1. The van der Waals surface area contributed by atoms with Gasteiger partial charge in [-0.25, -0.2) is 0 Å². The van der Waals surface area contributed by atoms with Crippen LogP contribution < -0.4 is 0 Å². The van der Waals surface area contributed by atoms with Crippen LogP contribution in [-0.2, 0) is 6.54 Å². The number of rotatable bonds is 4. The zero-order chi connectivity index (χ0) is 15.5. The molecule has 0 saturated carbocycles. The number of nitrogens with zero attached hydrogens (tertiary/aromatic N) is 2. The Morgan fingerprint density at radius 1 is 1.32 bits per heavy atom. The summed E-state index contributed by atoms with van der Waals surface area (Å²) >= 11 is 1.69. The predicted molar refractivity (Wildman–Crippen MR) is 88.9 cm³/mol. The Labute approximate surface area is 133 Å². The number of aryl methyl sites for hydroxylation is 1. The van der Waals surface area contributed by atoms with Crippen LogP contribution in [0.1, 0.15) is 20.8 Å². The first-order valence-corrected chi connectivity index (χ1v) is 7.91. The number of nitrogens with one attached hydrogen (secondary N) is 1. The summed E-state index contributed by atoms with van der Waals surface area (Å²) in [6.45, 7) is 2.71. The highest BCUT2D eigenvalue weighted by Crippen LogP contribution is 2.21. The lowest BCUT2D eigenvalue weighted by atomic mass is 10.1. The van der Waals surface area contributed by atoms with Crippen LogP contribution in [0.3, 0.4) is 0 Å². The Hall–Kier alpha value is -2.40. The number of H-pyrrole nitrogens is 1. The van der Waals surface area contributed by atoms with E-state index in [1.807, 2.05) is 37.5 Å². The molecule has 0 bridgehead atoms. The lowest BCUT2D eigenvalue weighted by Crippen LogP contribution is -2.26. The molecule has 0 atom stereocenters. The molecular formula is C17H17N3OS. The number of hydrogen-bond donors (Lipinski definition) is 1. The molecule has 4 nitrogen and oxygen atoms in total. The first-order valence-electron chi connectivity index (χ1n) is 7.03. The summed E-state index contributed by atoms with van der Waals surface area (Å²) in [7, 11) is 1.84. The van der Waals surface area contributed by atoms with Gasteiger partial charge in [0.1, 0.15) is 0 Å². The van der Waals surface area contributed by atoms with E-state index in [0.717, 1.165) is 11.1 Å². The van der Waals surface area contributed by atoms with Crippen molar-refractivity contribution in [1.82, 2.24) is 15.1 Å². The monoisotopic (exact) mass is 311 g/mol. The highest BCUT2D eigenvalue weighted by atomic mass is 32.1. The van der Waals surface area contributed by atoms with Crippen molar-refractivity contribution in [2.45, 2.75) is 13.5 Å². The summed E-state index contributed by atoms with van der Waals surface area (Å²) in [5, 5.41) is 8.80. The van der Waals surface area contributed by atoms with Crippen LogP contribution in [0.2, 0.25) is 0 Å². The molecule has 0 aliphatic rings. The number of carbonyl (C=O) groups excluding carboxylic acids is 1. The summed E-state index contributed by atoms with van der Waals surface area (Å²) in [5.74, 6) is 0.0261. The van der Waals surface area contributed by atoms with Crippen LogP contribution in [-0.4, -0.2) is 28.1 Å². The van der Waals surface area contributed by atoms with E-state index in [9.17, 15) is 4.79 Å². The van der Waals surface area contributed by atoms with Crippen molar-refractivity contribution in [3.05, 3.63) is 64.1 Å². The van der Waals surface area contributed by atoms with Gasteiger partial charge in [0.25, 0.3) is 5.91 Å². The fraction of sp³-hybridized carbons (Fsp3) is 0.176. The Balaban J connectivity index is 1.80. The summed E-state index contributed by atoms with van der Waals surface area (Å²) in [6.07, 6.45) is 3.57. The van der Waals surface area contributed by atoms with Gasteiger partial charge in [0.05, 0.1) is 12.7 Å². The number of benzene rings is 1. The highest BCUT2D eigenvalue weighted by Gasteiger charge is 2.14. The van der Waals surface area contributed by atoms with Crippen molar-refractivity contribution >= 4 is 17.2 Å². The van der Waals surface area contributed by atoms with Gasteiger partial charge in [-0.3, -0.25) is 9.89 Å². The van der Waals surface area contributed by atoms with Crippen LogP contribution in [0.4, 0.5) is 0 Å². The number of carbonyl (C=O) groups is 1. The number of thiophene rings is 1. The van der Waals surface area contributed by atoms with E-state index in [-0.39, 0.29) is 5.91 Å². The molecule has 3 aromatic rings. The van der Waals surface area contributed by atoms with E-state index >= 15 is 0 Å². The third-order valence-corrected chi connectivity index (χ3v) is 4.64. The standard InChI is InChI=1S/C17H17N3OS/c1-12-6-7-22-16(12)11-20(2)17(21)14-5-3-4-13(8-14)15-9-18-19-10-15/h3-10H,11H2,1-2H3,(H,18,19). The van der Waals surface area contributed by atoms with Crippen LogP contribution in [0.25, 0.3) is 11.1 Å². The van der Waals surface area contributed by atoms with Crippen molar-refractivity contribution in [3.8, 4) is 11.1 Å². The molecule has 22 heavy (non-hydrogen) atoms. The molecule has 1 N–H and O–H groups in total. The maximum Gasteiger partial charge on any atom is 0.253 e. The topological polar surface area (TPSA) is 49.0 Å². The summed E-state index contributed by atoms with van der Waals surface area (Å²) in [6, 6.07) is 9.72. The fourth-order valence-electron chi connectivity index (χ4n) is 2.31. The Kier molecular flexibility index (Phi) is 4.06. The first-order chi connectivity index (χ1) is 10.6. The number of hydrogen-bond acceptors (Lipinski definition) is 3. The molecule has 2 aromatic heterocycles. The van der Waals surface area contributed by atoms with Crippen molar-refractivity contribution in [1.29, 1.82) is 0 Å². The third kappa shape index (κ3) is 2.94. The first kappa shape index (κ1) is 14.5. The van der Waals surface area contributed by atoms with Crippen LogP contribution in [0.15, 0.2) is 48.1 Å². The molecule has 1 amide bonds. The van der Waals surface area contributed by atoms with Gasteiger partial charge in [-0.1, -0.05) is 12.1 Å². The fourth-order valence-corrected chi connectivity index (χ4v) is 3.27. The average molecular weight is 311 g/mol. The van der Waals surface area contributed by atoms with Crippen molar-refractivity contribution in [3.63, 3.8) is 0 Å². The molecule has 5 heteroatoms. The third-order valence-electron chi connectivity index (χ3n) is 3.64. The largest absolute Gasteiger partial charge is 0.337 e. The van der Waals surface area contributed by atoms with Crippen LogP contribution in [0, 0.1) is 6.92 Å². The second-order valence-corrected chi connectivity index (χ2v) is 6.26. The molecule has 0 aliphatic carbocycles. The van der Waals surface area contributed by atoms with Crippen molar-refractivity contribution in [2.75, 3.05) is 7.05 Å². The summed E-state index contributed by atoms with van der Waals surface area (Å²) in [4.78, 5) is 15.6. The Morgan fingerprint density at radius 3 is 2.86 bits per heavy atom. The lowest BCUT2D eigenvalue weighted by molar-refractivity contribution is 0.0786. The van der Waals surface area contributed by atoms with Gasteiger partial charge < -0.3 is 4.90 Å². The maximum atomic E-state index is 12.6.